The molecule has 0 spiro atoms. The molecule has 0 atom stereocenters. The third-order valence-electron chi connectivity index (χ3n) is 3.47. The van der Waals surface area contributed by atoms with Crippen molar-refractivity contribution in [1.29, 1.82) is 5.26 Å². The second kappa shape index (κ2) is 5.08. The third kappa shape index (κ3) is 2.32. The number of nitrogens with zero attached hydrogens (tertiary/aromatic N) is 5. The number of fused-ring (bicyclic) bond motifs is 1. The maximum absolute atomic E-state index is 9.07. The predicted molar refractivity (Wildman–Crippen MR) is 85.1 cm³/mol. The van der Waals surface area contributed by atoms with E-state index in [9.17, 15) is 0 Å². The summed E-state index contributed by atoms with van der Waals surface area (Å²) in [6.45, 7) is 6.32. The lowest BCUT2D eigenvalue weighted by atomic mass is 9.87. The summed E-state index contributed by atoms with van der Waals surface area (Å²) in [5, 5.41) is 10.3. The highest BCUT2D eigenvalue weighted by Crippen LogP contribution is 2.35. The van der Waals surface area contributed by atoms with E-state index in [1.807, 2.05) is 10.8 Å². The van der Waals surface area contributed by atoms with E-state index in [2.05, 4.69) is 41.8 Å². The first kappa shape index (κ1) is 14.5. The Morgan fingerprint density at radius 3 is 2.68 bits per heavy atom. The van der Waals surface area contributed by atoms with Crippen molar-refractivity contribution in [3.05, 3.63) is 47.1 Å². The quantitative estimate of drug-likeness (QED) is 0.643. The van der Waals surface area contributed by atoms with Crippen LogP contribution < -0.4 is 0 Å². The average Bonchev–Trinajstić information content (AvgIpc) is 2.88. The van der Waals surface area contributed by atoms with Crippen molar-refractivity contribution in [2.45, 2.75) is 26.2 Å². The van der Waals surface area contributed by atoms with Crippen LogP contribution in [0.15, 0.2) is 30.9 Å². The second-order valence-corrected chi connectivity index (χ2v) is 6.40. The molecular formula is C16H14ClN5. The molecule has 0 unspecified atom stereocenters. The number of halogens is 1. The standard InChI is InChI=1S/C16H14ClN5/c1-16(2,3)11-8-22(12-6-10(7-18)4-5-19-12)15-13(11)14(17)20-9-21-15/h4-6,8-9H,1-3H3. The summed E-state index contributed by atoms with van der Waals surface area (Å²) in [4.78, 5) is 12.8. The summed E-state index contributed by atoms with van der Waals surface area (Å²) in [6, 6.07) is 5.51. The Morgan fingerprint density at radius 2 is 2.00 bits per heavy atom. The van der Waals surface area contributed by atoms with E-state index in [-0.39, 0.29) is 5.41 Å². The Morgan fingerprint density at radius 1 is 1.23 bits per heavy atom. The van der Waals surface area contributed by atoms with Gasteiger partial charge < -0.3 is 0 Å². The molecule has 0 fully saturated rings. The smallest absolute Gasteiger partial charge is 0.150 e. The van der Waals surface area contributed by atoms with E-state index in [1.54, 1.807) is 18.3 Å². The predicted octanol–water partition coefficient (Wildman–Crippen LogP) is 3.64. The number of rotatable bonds is 1. The molecule has 0 bridgehead atoms. The van der Waals surface area contributed by atoms with Gasteiger partial charge in [0, 0.05) is 12.4 Å². The summed E-state index contributed by atoms with van der Waals surface area (Å²) in [5.41, 5.74) is 2.15. The number of nitriles is 1. The molecule has 0 aliphatic heterocycles. The Bertz CT molecular complexity index is 899. The Kier molecular flexibility index (Phi) is 3.34. The fourth-order valence-corrected chi connectivity index (χ4v) is 2.62. The molecule has 6 heteroatoms. The van der Waals surface area contributed by atoms with Gasteiger partial charge in [0.15, 0.2) is 5.65 Å². The Labute approximate surface area is 133 Å². The molecule has 0 N–H and O–H groups in total. The maximum atomic E-state index is 9.07. The van der Waals surface area contributed by atoms with E-state index in [0.717, 1.165) is 10.9 Å². The topological polar surface area (TPSA) is 67.4 Å². The molecule has 0 amide bonds. The molecular weight excluding hydrogens is 298 g/mol. The van der Waals surface area contributed by atoms with Crippen molar-refractivity contribution in [3.63, 3.8) is 0 Å². The van der Waals surface area contributed by atoms with E-state index in [4.69, 9.17) is 16.9 Å². The molecule has 3 aromatic heterocycles. The SMILES string of the molecule is CC(C)(C)c1cn(-c2cc(C#N)ccn2)c2ncnc(Cl)c12. The van der Waals surface area contributed by atoms with E-state index in [1.165, 1.54) is 6.33 Å². The summed E-state index contributed by atoms with van der Waals surface area (Å²) >= 11 is 6.29. The lowest BCUT2D eigenvalue weighted by Gasteiger charge is -2.17. The van der Waals surface area contributed by atoms with Crippen LogP contribution in [0.2, 0.25) is 5.15 Å². The monoisotopic (exact) mass is 311 g/mol. The normalized spacial score (nSPS) is 11.6. The number of aromatic nitrogens is 4. The minimum Gasteiger partial charge on any atom is -0.285 e. The van der Waals surface area contributed by atoms with Crippen LogP contribution >= 0.6 is 11.6 Å². The first-order valence-corrected chi connectivity index (χ1v) is 7.18. The first-order chi connectivity index (χ1) is 10.4. The van der Waals surface area contributed by atoms with Gasteiger partial charge in [-0.3, -0.25) is 4.57 Å². The third-order valence-corrected chi connectivity index (χ3v) is 3.75. The number of hydrogen-bond acceptors (Lipinski definition) is 4. The van der Waals surface area contributed by atoms with Crippen LogP contribution in [-0.2, 0) is 5.41 Å². The van der Waals surface area contributed by atoms with Gasteiger partial charge in [0.2, 0.25) is 0 Å². The van der Waals surface area contributed by atoms with Gasteiger partial charge in [-0.15, -0.1) is 0 Å². The van der Waals surface area contributed by atoms with Crippen molar-refractivity contribution >= 4 is 22.6 Å². The Hall–Kier alpha value is -2.45. The molecule has 0 aromatic carbocycles. The second-order valence-electron chi connectivity index (χ2n) is 6.04. The minimum atomic E-state index is -0.120. The zero-order chi connectivity index (χ0) is 15.9. The van der Waals surface area contributed by atoms with Gasteiger partial charge in [-0.25, -0.2) is 15.0 Å². The minimum absolute atomic E-state index is 0.120. The molecule has 110 valence electrons. The van der Waals surface area contributed by atoms with Gasteiger partial charge in [0.1, 0.15) is 17.3 Å². The van der Waals surface area contributed by atoms with Crippen LogP contribution in [0.1, 0.15) is 31.9 Å². The highest BCUT2D eigenvalue weighted by molar-refractivity contribution is 6.34. The molecule has 3 aromatic rings. The van der Waals surface area contributed by atoms with Crippen LogP contribution in [0.4, 0.5) is 0 Å². The largest absolute Gasteiger partial charge is 0.285 e. The lowest BCUT2D eigenvalue weighted by molar-refractivity contribution is 0.594. The zero-order valence-corrected chi connectivity index (χ0v) is 13.3. The number of pyridine rings is 1. The van der Waals surface area contributed by atoms with Crippen LogP contribution in [-0.4, -0.2) is 19.5 Å². The molecule has 22 heavy (non-hydrogen) atoms. The first-order valence-electron chi connectivity index (χ1n) is 6.80. The fourth-order valence-electron chi connectivity index (χ4n) is 2.39. The van der Waals surface area contributed by atoms with Crippen molar-refractivity contribution in [1.82, 2.24) is 19.5 Å². The van der Waals surface area contributed by atoms with Gasteiger partial charge in [-0.05, 0) is 23.1 Å². The number of hydrogen-bond donors (Lipinski definition) is 0. The van der Waals surface area contributed by atoms with Gasteiger partial charge in [0.05, 0.1) is 17.0 Å². The highest BCUT2D eigenvalue weighted by atomic mass is 35.5. The van der Waals surface area contributed by atoms with Gasteiger partial charge in [0.25, 0.3) is 0 Å². The maximum Gasteiger partial charge on any atom is 0.150 e. The molecule has 5 nitrogen and oxygen atoms in total. The fraction of sp³-hybridized carbons (Fsp3) is 0.250. The van der Waals surface area contributed by atoms with Gasteiger partial charge in [-0.2, -0.15) is 5.26 Å². The molecule has 0 aliphatic carbocycles. The summed E-state index contributed by atoms with van der Waals surface area (Å²) < 4.78 is 1.85. The van der Waals surface area contributed by atoms with Crippen LogP contribution in [0.3, 0.4) is 0 Å². The summed E-state index contributed by atoms with van der Waals surface area (Å²) in [6.07, 6.45) is 5.01. The average molecular weight is 312 g/mol. The highest BCUT2D eigenvalue weighted by Gasteiger charge is 2.24. The molecule has 0 radical (unpaired) electrons. The van der Waals surface area contributed by atoms with Crippen molar-refractivity contribution in [2.75, 3.05) is 0 Å². The van der Waals surface area contributed by atoms with E-state index >= 15 is 0 Å². The molecule has 0 saturated carbocycles. The molecule has 0 aliphatic rings. The molecule has 3 rings (SSSR count). The Balaban J connectivity index is 2.36. The van der Waals surface area contributed by atoms with Crippen molar-refractivity contribution < 1.29 is 0 Å². The van der Waals surface area contributed by atoms with E-state index in [0.29, 0.717) is 22.2 Å². The van der Waals surface area contributed by atoms with Crippen molar-refractivity contribution in [2.24, 2.45) is 0 Å². The lowest BCUT2D eigenvalue weighted by Crippen LogP contribution is -2.10. The molecule has 3 heterocycles. The van der Waals surface area contributed by atoms with Crippen LogP contribution in [0.25, 0.3) is 16.9 Å². The van der Waals surface area contributed by atoms with Crippen LogP contribution in [0.5, 0.6) is 0 Å². The van der Waals surface area contributed by atoms with Crippen LogP contribution in [0, 0.1) is 11.3 Å². The van der Waals surface area contributed by atoms with Crippen molar-refractivity contribution in [3.8, 4) is 11.9 Å². The van der Waals surface area contributed by atoms with E-state index < -0.39 is 0 Å². The summed E-state index contributed by atoms with van der Waals surface area (Å²) in [5.74, 6) is 0.634. The van der Waals surface area contributed by atoms with Gasteiger partial charge in [-0.1, -0.05) is 32.4 Å². The zero-order valence-electron chi connectivity index (χ0n) is 12.5. The summed E-state index contributed by atoms with van der Waals surface area (Å²) in [7, 11) is 0. The van der Waals surface area contributed by atoms with Gasteiger partial charge >= 0.3 is 0 Å². The molecule has 0 saturated heterocycles.